The summed E-state index contributed by atoms with van der Waals surface area (Å²) in [6, 6.07) is 16.5. The number of amides is 1. The van der Waals surface area contributed by atoms with E-state index in [4.69, 9.17) is 0 Å². The van der Waals surface area contributed by atoms with Gasteiger partial charge in [0.1, 0.15) is 6.04 Å². The van der Waals surface area contributed by atoms with Gasteiger partial charge in [-0.2, -0.15) is 13.2 Å². The van der Waals surface area contributed by atoms with Gasteiger partial charge in [0.2, 0.25) is 5.91 Å². The fourth-order valence-electron chi connectivity index (χ4n) is 3.53. The summed E-state index contributed by atoms with van der Waals surface area (Å²) in [6.07, 6.45) is -4.40. The molecule has 2 aromatic carbocycles. The van der Waals surface area contributed by atoms with Crippen molar-refractivity contribution < 1.29 is 18.0 Å². The van der Waals surface area contributed by atoms with E-state index in [1.165, 1.54) is 4.90 Å². The molecule has 0 aromatic heterocycles. The van der Waals surface area contributed by atoms with E-state index in [2.05, 4.69) is 10.6 Å². The van der Waals surface area contributed by atoms with Crippen LogP contribution in [-0.2, 0) is 4.79 Å². The highest BCUT2D eigenvalue weighted by atomic mass is 35.5. The van der Waals surface area contributed by atoms with Crippen molar-refractivity contribution in [2.24, 2.45) is 0 Å². The van der Waals surface area contributed by atoms with Gasteiger partial charge < -0.3 is 10.6 Å². The molecule has 1 atom stereocenters. The zero-order valence-corrected chi connectivity index (χ0v) is 16.7. The molecule has 3 rings (SSSR count). The fraction of sp³-hybridized carbons (Fsp3) is 0.381. The van der Waals surface area contributed by atoms with E-state index < -0.39 is 30.6 Å². The summed E-state index contributed by atoms with van der Waals surface area (Å²) in [7, 11) is 0. The van der Waals surface area contributed by atoms with Crippen molar-refractivity contribution in [2.45, 2.75) is 18.1 Å². The average Bonchev–Trinajstić information content (AvgIpc) is 2.70. The molecule has 1 saturated heterocycles. The van der Waals surface area contributed by atoms with Crippen molar-refractivity contribution in [3.05, 3.63) is 71.8 Å². The van der Waals surface area contributed by atoms with Crippen LogP contribution in [0.1, 0.15) is 17.0 Å². The van der Waals surface area contributed by atoms with Gasteiger partial charge in [0.05, 0.1) is 5.92 Å². The molecule has 0 saturated carbocycles. The Balaban J connectivity index is 0.00000300. The molecule has 0 radical (unpaired) electrons. The molecule has 1 aliphatic rings. The van der Waals surface area contributed by atoms with Crippen LogP contribution in [0.25, 0.3) is 0 Å². The summed E-state index contributed by atoms with van der Waals surface area (Å²) >= 11 is 0. The number of carbonyl (C=O) groups is 1. The molecule has 1 heterocycles. The van der Waals surface area contributed by atoms with Crippen molar-refractivity contribution in [3.63, 3.8) is 0 Å². The second kappa shape index (κ2) is 10.6. The lowest BCUT2D eigenvalue weighted by Gasteiger charge is -2.36. The molecule has 4 nitrogen and oxygen atoms in total. The predicted molar refractivity (Wildman–Crippen MR) is 109 cm³/mol. The van der Waals surface area contributed by atoms with Crippen LogP contribution in [0.4, 0.5) is 13.2 Å². The molecule has 0 aliphatic carbocycles. The van der Waals surface area contributed by atoms with Gasteiger partial charge in [-0.1, -0.05) is 60.7 Å². The molecule has 2 aromatic rings. The predicted octanol–water partition coefficient (Wildman–Crippen LogP) is 3.19. The molecule has 1 fully saturated rings. The number of piperazine rings is 1. The quantitative estimate of drug-likeness (QED) is 0.744. The lowest BCUT2D eigenvalue weighted by atomic mass is 9.90. The molecule has 1 amide bonds. The third-order valence-electron chi connectivity index (χ3n) is 4.97. The van der Waals surface area contributed by atoms with Crippen LogP contribution < -0.4 is 10.6 Å². The van der Waals surface area contributed by atoms with Crippen molar-refractivity contribution in [1.82, 2.24) is 15.5 Å². The monoisotopic (exact) mass is 427 g/mol. The summed E-state index contributed by atoms with van der Waals surface area (Å²) in [5, 5.41) is 5.61. The van der Waals surface area contributed by atoms with Crippen molar-refractivity contribution >= 4 is 18.3 Å². The number of hydrogen-bond acceptors (Lipinski definition) is 3. The van der Waals surface area contributed by atoms with Crippen molar-refractivity contribution in [1.29, 1.82) is 0 Å². The van der Waals surface area contributed by atoms with E-state index in [-0.39, 0.29) is 12.4 Å². The number of hydrogen-bond donors (Lipinski definition) is 2. The van der Waals surface area contributed by atoms with Gasteiger partial charge in [0, 0.05) is 32.7 Å². The van der Waals surface area contributed by atoms with Crippen molar-refractivity contribution in [3.8, 4) is 0 Å². The van der Waals surface area contributed by atoms with E-state index in [1.54, 1.807) is 0 Å². The highest BCUT2D eigenvalue weighted by molar-refractivity contribution is 5.87. The number of carbonyl (C=O) groups excluding carboxylic acids is 1. The van der Waals surface area contributed by atoms with E-state index in [0.717, 1.165) is 11.1 Å². The maximum absolute atomic E-state index is 13.6. The summed E-state index contributed by atoms with van der Waals surface area (Å²) in [6.45, 7) is 1.18. The Morgan fingerprint density at radius 1 is 0.966 bits per heavy atom. The number of alkyl halides is 3. The minimum atomic E-state index is -4.40. The largest absolute Gasteiger partial charge is 0.405 e. The van der Waals surface area contributed by atoms with Gasteiger partial charge in [-0.05, 0) is 11.1 Å². The zero-order chi connectivity index (χ0) is 20.0. The average molecular weight is 428 g/mol. The highest BCUT2D eigenvalue weighted by Gasteiger charge is 2.44. The van der Waals surface area contributed by atoms with Gasteiger partial charge >= 0.3 is 6.18 Å². The van der Waals surface area contributed by atoms with Gasteiger partial charge in [0.25, 0.3) is 0 Å². The van der Waals surface area contributed by atoms with Crippen LogP contribution in [0.3, 0.4) is 0 Å². The molecule has 8 heteroatoms. The van der Waals surface area contributed by atoms with Crippen LogP contribution in [0.15, 0.2) is 60.7 Å². The molecule has 1 unspecified atom stereocenters. The van der Waals surface area contributed by atoms with Crippen LogP contribution in [0.5, 0.6) is 0 Å². The number of rotatable bonds is 6. The van der Waals surface area contributed by atoms with Crippen LogP contribution in [0.2, 0.25) is 0 Å². The van der Waals surface area contributed by atoms with Crippen LogP contribution in [0, 0.1) is 0 Å². The van der Waals surface area contributed by atoms with Gasteiger partial charge in [-0.25, -0.2) is 0 Å². The molecule has 158 valence electrons. The third-order valence-corrected chi connectivity index (χ3v) is 4.97. The highest BCUT2D eigenvalue weighted by Crippen LogP contribution is 2.27. The first-order valence-electron chi connectivity index (χ1n) is 9.36. The smallest absolute Gasteiger partial charge is 0.353 e. The number of nitrogens with one attached hydrogen (secondary N) is 2. The zero-order valence-electron chi connectivity index (χ0n) is 15.9. The van der Waals surface area contributed by atoms with E-state index >= 15 is 0 Å². The Morgan fingerprint density at radius 3 is 1.90 bits per heavy atom. The van der Waals surface area contributed by atoms with Crippen LogP contribution >= 0.6 is 12.4 Å². The Morgan fingerprint density at radius 2 is 1.45 bits per heavy atom. The molecule has 29 heavy (non-hydrogen) atoms. The third kappa shape index (κ3) is 6.19. The van der Waals surface area contributed by atoms with Crippen LogP contribution in [-0.4, -0.2) is 55.7 Å². The second-order valence-corrected chi connectivity index (χ2v) is 6.84. The Labute approximate surface area is 174 Å². The number of nitrogens with zero attached hydrogens (tertiary/aromatic N) is 1. The first-order valence-corrected chi connectivity index (χ1v) is 9.36. The Hall–Kier alpha value is -2.09. The first-order chi connectivity index (χ1) is 13.5. The molecule has 1 aliphatic heterocycles. The lowest BCUT2D eigenvalue weighted by Crippen LogP contribution is -2.57. The topological polar surface area (TPSA) is 44.4 Å². The maximum atomic E-state index is 13.6. The van der Waals surface area contributed by atoms with E-state index in [1.807, 2.05) is 60.7 Å². The normalized spacial score (nSPS) is 16.1. The molecule has 2 N–H and O–H groups in total. The fourth-order valence-corrected chi connectivity index (χ4v) is 3.53. The summed E-state index contributed by atoms with van der Waals surface area (Å²) in [5.74, 6) is -1.08. The second-order valence-electron chi connectivity index (χ2n) is 6.84. The first kappa shape index (κ1) is 23.2. The number of halogens is 4. The Kier molecular flexibility index (Phi) is 8.49. The summed E-state index contributed by atoms with van der Waals surface area (Å²) < 4.78 is 40.8. The minimum absolute atomic E-state index is 0. The van der Waals surface area contributed by atoms with E-state index in [9.17, 15) is 18.0 Å². The standard InChI is InChI=1S/C21H24F3N3O.ClH/c22-21(23,24)18(27-13-11-25-12-14-27)15-26-20(28)19(16-7-3-1-4-8-16)17-9-5-2-6-10-17;/h1-10,18-19,25H,11-15H2,(H,26,28);1H. The van der Waals surface area contributed by atoms with Gasteiger partial charge in [-0.15, -0.1) is 12.4 Å². The summed E-state index contributed by atoms with van der Waals surface area (Å²) in [4.78, 5) is 14.3. The minimum Gasteiger partial charge on any atom is -0.353 e. The molecular formula is C21H25ClF3N3O. The SMILES string of the molecule is Cl.O=C(NCC(N1CCNCC1)C(F)(F)F)C(c1ccccc1)c1ccccc1. The molecule has 0 bridgehead atoms. The van der Waals surface area contributed by atoms with Crippen molar-refractivity contribution in [2.75, 3.05) is 32.7 Å². The maximum Gasteiger partial charge on any atom is 0.405 e. The van der Waals surface area contributed by atoms with Gasteiger partial charge in [0.15, 0.2) is 0 Å². The summed E-state index contributed by atoms with van der Waals surface area (Å²) in [5.41, 5.74) is 1.49. The lowest BCUT2D eigenvalue weighted by molar-refractivity contribution is -0.184. The molecule has 0 spiro atoms. The van der Waals surface area contributed by atoms with E-state index in [0.29, 0.717) is 26.2 Å². The number of benzene rings is 2. The van der Waals surface area contributed by atoms with Gasteiger partial charge in [-0.3, -0.25) is 9.69 Å². The molecular weight excluding hydrogens is 403 g/mol. The Bertz CT molecular complexity index is 713.